The molecule has 0 saturated carbocycles. The molecule has 0 atom stereocenters. The molecule has 0 bridgehead atoms. The summed E-state index contributed by atoms with van der Waals surface area (Å²) in [6, 6.07) is 9.56. The molecule has 4 aromatic rings. The minimum Gasteiger partial charge on any atom is -0.304 e. The maximum absolute atomic E-state index is 13.8. The maximum atomic E-state index is 13.8. The van der Waals surface area contributed by atoms with Crippen molar-refractivity contribution < 1.29 is 22.4 Å². The third kappa shape index (κ3) is 3.59. The van der Waals surface area contributed by atoms with Crippen LogP contribution in [0.2, 0.25) is 0 Å². The summed E-state index contributed by atoms with van der Waals surface area (Å²) in [6.45, 7) is 1.68. The zero-order valence-electron chi connectivity index (χ0n) is 15.8. The van der Waals surface area contributed by atoms with E-state index in [4.69, 9.17) is 5.26 Å². The first-order chi connectivity index (χ1) is 14.7. The molecule has 31 heavy (non-hydrogen) atoms. The molecule has 2 aromatic carbocycles. The van der Waals surface area contributed by atoms with Crippen molar-refractivity contribution in [3.05, 3.63) is 70.8 Å². The van der Waals surface area contributed by atoms with Gasteiger partial charge in [-0.25, -0.2) is 9.07 Å². The summed E-state index contributed by atoms with van der Waals surface area (Å²) in [5, 5.41) is 22.1. The Morgan fingerprint density at radius 3 is 2.71 bits per heavy atom. The molecule has 11 heteroatoms. The van der Waals surface area contributed by atoms with E-state index in [0.29, 0.717) is 26.7 Å². The SMILES string of the molecule is Cc1cc2c(NC(=O)c3cnn(-c4cccc(F)c4)c3C(F)(F)F)n[nH]c2cc1C#N. The molecule has 0 unspecified atom stereocenters. The molecule has 0 aliphatic heterocycles. The van der Waals surface area contributed by atoms with Crippen molar-refractivity contribution >= 4 is 22.6 Å². The minimum atomic E-state index is -4.94. The number of aryl methyl sites for hydroxylation is 1. The fourth-order valence-corrected chi connectivity index (χ4v) is 3.15. The van der Waals surface area contributed by atoms with Gasteiger partial charge < -0.3 is 5.32 Å². The van der Waals surface area contributed by atoms with Gasteiger partial charge in [-0.2, -0.15) is 28.6 Å². The van der Waals surface area contributed by atoms with Crippen LogP contribution >= 0.6 is 0 Å². The van der Waals surface area contributed by atoms with E-state index in [1.165, 1.54) is 18.2 Å². The molecular weight excluding hydrogens is 416 g/mol. The quantitative estimate of drug-likeness (QED) is 0.474. The second-order valence-corrected chi connectivity index (χ2v) is 6.65. The number of fused-ring (bicyclic) bond motifs is 1. The van der Waals surface area contributed by atoms with Crippen molar-refractivity contribution in [1.29, 1.82) is 5.26 Å². The molecule has 0 aliphatic rings. The lowest BCUT2D eigenvalue weighted by Crippen LogP contribution is -2.21. The Morgan fingerprint density at radius 1 is 1.26 bits per heavy atom. The van der Waals surface area contributed by atoms with Gasteiger partial charge >= 0.3 is 6.18 Å². The second-order valence-electron chi connectivity index (χ2n) is 6.65. The fraction of sp³-hybridized carbons (Fsp3) is 0.100. The predicted octanol–water partition coefficient (Wildman–Crippen LogP) is 4.34. The minimum absolute atomic E-state index is 0.000722. The molecule has 4 rings (SSSR count). The number of hydrogen-bond acceptors (Lipinski definition) is 4. The van der Waals surface area contributed by atoms with Crippen LogP contribution in [0.3, 0.4) is 0 Å². The number of aromatic amines is 1. The Hall–Kier alpha value is -4.20. The molecule has 0 radical (unpaired) electrons. The van der Waals surface area contributed by atoms with Crippen molar-refractivity contribution in [2.24, 2.45) is 0 Å². The summed E-state index contributed by atoms with van der Waals surface area (Å²) in [7, 11) is 0. The van der Waals surface area contributed by atoms with E-state index in [0.717, 1.165) is 18.3 Å². The number of benzene rings is 2. The van der Waals surface area contributed by atoms with Crippen molar-refractivity contribution in [3.63, 3.8) is 0 Å². The van der Waals surface area contributed by atoms with Gasteiger partial charge in [-0.3, -0.25) is 9.89 Å². The highest BCUT2D eigenvalue weighted by Crippen LogP contribution is 2.34. The fourth-order valence-electron chi connectivity index (χ4n) is 3.15. The molecule has 2 aromatic heterocycles. The highest BCUT2D eigenvalue weighted by molar-refractivity contribution is 6.08. The Balaban J connectivity index is 1.75. The Labute approximate surface area is 171 Å². The monoisotopic (exact) mass is 428 g/mol. The average Bonchev–Trinajstić information content (AvgIpc) is 3.32. The first-order valence-corrected chi connectivity index (χ1v) is 8.80. The standard InChI is InChI=1S/C20H12F4N6O/c1-10-5-14-16(6-11(10)8-25)28-29-18(14)27-19(31)15-9-26-30(17(15)20(22,23)24)13-4-2-3-12(21)7-13/h2-7,9H,1H3,(H2,27,28,29,31). The Kier molecular flexibility index (Phi) is 4.69. The van der Waals surface area contributed by atoms with Crippen LogP contribution in [-0.4, -0.2) is 25.9 Å². The van der Waals surface area contributed by atoms with Crippen LogP contribution in [0.15, 0.2) is 42.6 Å². The number of carbonyl (C=O) groups is 1. The lowest BCUT2D eigenvalue weighted by molar-refractivity contribution is -0.143. The number of rotatable bonds is 3. The summed E-state index contributed by atoms with van der Waals surface area (Å²) < 4.78 is 55.3. The van der Waals surface area contributed by atoms with Gasteiger partial charge in [0.2, 0.25) is 0 Å². The summed E-state index contributed by atoms with van der Waals surface area (Å²) in [4.78, 5) is 12.7. The lowest BCUT2D eigenvalue weighted by Gasteiger charge is -2.12. The molecule has 2 heterocycles. The van der Waals surface area contributed by atoms with Gasteiger partial charge in [-0.05, 0) is 42.8 Å². The number of alkyl halides is 3. The number of amides is 1. The van der Waals surface area contributed by atoms with Crippen molar-refractivity contribution in [1.82, 2.24) is 20.0 Å². The summed E-state index contributed by atoms with van der Waals surface area (Å²) in [6.07, 6.45) is -4.18. The number of aromatic nitrogens is 4. The van der Waals surface area contributed by atoms with Gasteiger partial charge in [0.25, 0.3) is 5.91 Å². The number of nitrogens with zero attached hydrogens (tertiary/aromatic N) is 4. The molecule has 0 fully saturated rings. The van der Waals surface area contributed by atoms with Crippen molar-refractivity contribution in [2.45, 2.75) is 13.1 Å². The van der Waals surface area contributed by atoms with Crippen LogP contribution < -0.4 is 5.32 Å². The molecular formula is C20H12F4N6O. The van der Waals surface area contributed by atoms with Gasteiger partial charge in [0.15, 0.2) is 11.5 Å². The van der Waals surface area contributed by atoms with Crippen molar-refractivity contribution in [2.75, 3.05) is 5.32 Å². The van der Waals surface area contributed by atoms with Gasteiger partial charge in [0.1, 0.15) is 5.82 Å². The molecule has 156 valence electrons. The van der Waals surface area contributed by atoms with Gasteiger partial charge in [0, 0.05) is 5.39 Å². The third-order valence-electron chi connectivity index (χ3n) is 4.60. The first kappa shape index (κ1) is 20.1. The second kappa shape index (κ2) is 7.24. The van der Waals surface area contributed by atoms with Gasteiger partial charge in [0.05, 0.1) is 34.6 Å². The smallest absolute Gasteiger partial charge is 0.304 e. The van der Waals surface area contributed by atoms with Crippen LogP contribution in [0.4, 0.5) is 23.4 Å². The van der Waals surface area contributed by atoms with Crippen LogP contribution in [0.1, 0.15) is 27.2 Å². The number of anilines is 1. The summed E-state index contributed by atoms with van der Waals surface area (Å²) in [5.41, 5.74) is -0.844. The average molecular weight is 428 g/mol. The zero-order valence-corrected chi connectivity index (χ0v) is 15.8. The number of carbonyl (C=O) groups excluding carboxylic acids is 1. The van der Waals surface area contributed by atoms with Crippen LogP contribution in [0.5, 0.6) is 0 Å². The number of H-pyrrole nitrogens is 1. The lowest BCUT2D eigenvalue weighted by atomic mass is 10.1. The number of halogens is 4. The summed E-state index contributed by atoms with van der Waals surface area (Å²) >= 11 is 0. The predicted molar refractivity (Wildman–Crippen MR) is 102 cm³/mol. The largest absolute Gasteiger partial charge is 0.434 e. The van der Waals surface area contributed by atoms with Crippen molar-refractivity contribution in [3.8, 4) is 11.8 Å². The van der Waals surface area contributed by atoms with E-state index in [2.05, 4.69) is 20.6 Å². The van der Waals surface area contributed by atoms with E-state index in [9.17, 15) is 22.4 Å². The Bertz CT molecular complexity index is 1360. The number of nitriles is 1. The number of nitrogens with one attached hydrogen (secondary N) is 2. The van der Waals surface area contributed by atoms with E-state index >= 15 is 0 Å². The summed E-state index contributed by atoms with van der Waals surface area (Å²) in [5.74, 6) is -1.84. The molecule has 1 amide bonds. The van der Waals surface area contributed by atoms with E-state index < -0.39 is 29.2 Å². The highest BCUT2D eigenvalue weighted by Gasteiger charge is 2.40. The van der Waals surface area contributed by atoms with Gasteiger partial charge in [-0.1, -0.05) is 6.07 Å². The van der Waals surface area contributed by atoms with E-state index in [1.807, 2.05) is 6.07 Å². The van der Waals surface area contributed by atoms with E-state index in [-0.39, 0.29) is 11.5 Å². The third-order valence-corrected chi connectivity index (χ3v) is 4.60. The van der Waals surface area contributed by atoms with Crippen LogP contribution in [0.25, 0.3) is 16.6 Å². The van der Waals surface area contributed by atoms with Crippen LogP contribution in [0, 0.1) is 24.1 Å². The van der Waals surface area contributed by atoms with Crippen LogP contribution in [-0.2, 0) is 6.18 Å². The highest BCUT2D eigenvalue weighted by atomic mass is 19.4. The molecule has 0 aliphatic carbocycles. The number of hydrogen-bond donors (Lipinski definition) is 2. The van der Waals surface area contributed by atoms with E-state index in [1.54, 1.807) is 13.0 Å². The molecule has 0 saturated heterocycles. The maximum Gasteiger partial charge on any atom is 0.434 e. The van der Waals surface area contributed by atoms with Gasteiger partial charge in [-0.15, -0.1) is 0 Å². The molecule has 0 spiro atoms. The first-order valence-electron chi connectivity index (χ1n) is 8.80. The molecule has 7 nitrogen and oxygen atoms in total. The zero-order chi connectivity index (χ0) is 22.3. The molecule has 2 N–H and O–H groups in total. The normalized spacial score (nSPS) is 11.5. The Morgan fingerprint density at radius 2 is 2.03 bits per heavy atom. The topological polar surface area (TPSA) is 99.4 Å².